The van der Waals surface area contributed by atoms with Crippen molar-refractivity contribution in [2.24, 2.45) is 5.73 Å². The Morgan fingerprint density at radius 1 is 1.43 bits per heavy atom. The Bertz CT molecular complexity index is 600. The van der Waals surface area contributed by atoms with Crippen molar-refractivity contribution in [3.8, 4) is 5.75 Å². The van der Waals surface area contributed by atoms with Gasteiger partial charge in [0.1, 0.15) is 11.9 Å². The number of hydrogen-bond acceptors (Lipinski definition) is 3. The average molecular weight is 327 g/mol. The predicted molar refractivity (Wildman–Crippen MR) is 94.2 cm³/mol. The lowest BCUT2D eigenvalue weighted by molar-refractivity contribution is 0.209. The molecule has 2 aliphatic rings. The average Bonchev–Trinajstić information content (AvgIpc) is 2.86. The molecule has 0 radical (unpaired) electrons. The number of ether oxygens (including phenoxy) is 1. The Hall–Kier alpha value is -0.840. The van der Waals surface area contributed by atoms with Crippen LogP contribution in [0.2, 0.25) is 0 Å². The van der Waals surface area contributed by atoms with Gasteiger partial charge >= 0.3 is 0 Å². The molecule has 0 aliphatic carbocycles. The van der Waals surface area contributed by atoms with Crippen LogP contribution in [0.15, 0.2) is 6.07 Å². The second kappa shape index (κ2) is 5.41. The van der Waals surface area contributed by atoms with E-state index in [2.05, 4.69) is 39.1 Å². The largest absolute Gasteiger partial charge is 0.488 e. The molecule has 21 heavy (non-hydrogen) atoms. The van der Waals surface area contributed by atoms with E-state index in [0.717, 1.165) is 22.8 Å². The van der Waals surface area contributed by atoms with Gasteiger partial charge in [0.15, 0.2) is 0 Å². The van der Waals surface area contributed by atoms with Gasteiger partial charge < -0.3 is 15.8 Å². The zero-order valence-corrected chi connectivity index (χ0v) is 14.6. The van der Waals surface area contributed by atoms with Crippen LogP contribution in [0.3, 0.4) is 0 Å². The van der Waals surface area contributed by atoms with E-state index in [4.69, 9.17) is 22.7 Å². The summed E-state index contributed by atoms with van der Waals surface area (Å²) in [4.78, 5) is 0.872. The second-order valence-corrected chi connectivity index (χ2v) is 6.76. The van der Waals surface area contributed by atoms with Crippen molar-refractivity contribution in [3.63, 3.8) is 0 Å². The van der Waals surface area contributed by atoms with Crippen LogP contribution in [0.25, 0.3) is 0 Å². The molecule has 0 aromatic heterocycles. The molecule has 0 fully saturated rings. The maximum Gasteiger partial charge on any atom is 0.129 e. The quantitative estimate of drug-likeness (QED) is 0.814. The molecule has 116 valence electrons. The SMILES string of the molecule is CCC1c2cc(C)c3c(c2OC1CN)C(C)(C)C(=S)N3.Cl. The first-order valence-corrected chi connectivity index (χ1v) is 7.68. The summed E-state index contributed by atoms with van der Waals surface area (Å²) in [7, 11) is 0. The highest BCUT2D eigenvalue weighted by Crippen LogP contribution is 2.53. The zero-order valence-electron chi connectivity index (χ0n) is 12.9. The van der Waals surface area contributed by atoms with Crippen molar-refractivity contribution >= 4 is 35.3 Å². The van der Waals surface area contributed by atoms with Crippen molar-refractivity contribution in [1.82, 2.24) is 0 Å². The van der Waals surface area contributed by atoms with Gasteiger partial charge in [-0.15, -0.1) is 12.4 Å². The van der Waals surface area contributed by atoms with E-state index in [-0.39, 0.29) is 23.9 Å². The van der Waals surface area contributed by atoms with Crippen LogP contribution >= 0.6 is 24.6 Å². The highest BCUT2D eigenvalue weighted by atomic mass is 35.5. The molecular formula is C16H23ClN2OS. The number of nitrogens with one attached hydrogen (secondary N) is 1. The highest BCUT2D eigenvalue weighted by Gasteiger charge is 2.44. The lowest BCUT2D eigenvalue weighted by Gasteiger charge is -2.21. The van der Waals surface area contributed by atoms with Crippen molar-refractivity contribution in [3.05, 3.63) is 22.8 Å². The third-order valence-electron chi connectivity index (χ3n) is 4.73. The third-order valence-corrected chi connectivity index (χ3v) is 5.34. The Morgan fingerprint density at radius 2 is 2.10 bits per heavy atom. The molecule has 5 heteroatoms. The Balaban J connectivity index is 0.00000161. The molecular weight excluding hydrogens is 304 g/mol. The van der Waals surface area contributed by atoms with E-state index in [9.17, 15) is 0 Å². The fourth-order valence-electron chi connectivity index (χ4n) is 3.50. The standard InChI is InChI=1S/C16H22N2OS.ClH/c1-5-9-10-6-8(2)13-12(14(10)19-11(9)7-17)16(3,4)15(20)18-13;/h6,9,11H,5,7,17H2,1-4H3,(H,18,20);1H. The fourth-order valence-corrected chi connectivity index (χ4v) is 3.70. The number of nitrogens with two attached hydrogens (primary N) is 1. The van der Waals surface area contributed by atoms with Gasteiger partial charge in [0.2, 0.25) is 0 Å². The van der Waals surface area contributed by atoms with Crippen LogP contribution < -0.4 is 15.8 Å². The summed E-state index contributed by atoms with van der Waals surface area (Å²) in [5, 5.41) is 3.37. The van der Waals surface area contributed by atoms with Crippen LogP contribution in [0.5, 0.6) is 5.75 Å². The Labute approximate surface area is 138 Å². The number of halogens is 1. The van der Waals surface area contributed by atoms with Gasteiger partial charge in [0.25, 0.3) is 0 Å². The van der Waals surface area contributed by atoms with Gasteiger partial charge in [0, 0.05) is 34.7 Å². The molecule has 2 unspecified atom stereocenters. The Morgan fingerprint density at radius 3 is 2.67 bits per heavy atom. The van der Waals surface area contributed by atoms with Crippen LogP contribution in [-0.4, -0.2) is 17.6 Å². The minimum Gasteiger partial charge on any atom is -0.488 e. The van der Waals surface area contributed by atoms with Gasteiger partial charge in [-0.1, -0.05) is 19.1 Å². The molecule has 3 nitrogen and oxygen atoms in total. The summed E-state index contributed by atoms with van der Waals surface area (Å²) in [6.07, 6.45) is 1.14. The number of fused-ring (bicyclic) bond motifs is 3. The predicted octanol–water partition coefficient (Wildman–Crippen LogP) is 3.66. The van der Waals surface area contributed by atoms with Crippen LogP contribution in [-0.2, 0) is 5.41 Å². The van der Waals surface area contributed by atoms with Gasteiger partial charge in [-0.25, -0.2) is 0 Å². The number of anilines is 1. The second-order valence-electron chi connectivity index (χ2n) is 6.35. The summed E-state index contributed by atoms with van der Waals surface area (Å²) >= 11 is 5.52. The topological polar surface area (TPSA) is 47.3 Å². The molecule has 3 rings (SSSR count). The normalized spacial score (nSPS) is 24.7. The van der Waals surface area contributed by atoms with Crippen molar-refractivity contribution in [1.29, 1.82) is 0 Å². The van der Waals surface area contributed by atoms with E-state index in [0.29, 0.717) is 12.5 Å². The number of hydrogen-bond donors (Lipinski definition) is 2. The molecule has 0 bridgehead atoms. The van der Waals surface area contributed by atoms with Gasteiger partial charge in [-0.3, -0.25) is 0 Å². The van der Waals surface area contributed by atoms with Crippen LogP contribution in [0, 0.1) is 6.92 Å². The van der Waals surface area contributed by atoms with E-state index < -0.39 is 0 Å². The maximum atomic E-state index is 6.22. The molecule has 1 aromatic carbocycles. The molecule has 2 heterocycles. The molecule has 3 N–H and O–H groups in total. The first-order chi connectivity index (χ1) is 9.41. The van der Waals surface area contributed by atoms with E-state index in [1.807, 2.05) is 0 Å². The molecule has 0 saturated carbocycles. The summed E-state index contributed by atoms with van der Waals surface area (Å²) in [5.41, 5.74) is 10.6. The molecule has 0 saturated heterocycles. The Kier molecular flexibility index (Phi) is 4.26. The van der Waals surface area contributed by atoms with Crippen molar-refractivity contribution < 1.29 is 4.74 Å². The lowest BCUT2D eigenvalue weighted by atomic mass is 9.82. The molecule has 0 amide bonds. The van der Waals surface area contributed by atoms with Gasteiger partial charge in [-0.2, -0.15) is 0 Å². The maximum absolute atomic E-state index is 6.22. The number of benzene rings is 1. The van der Waals surface area contributed by atoms with Gasteiger partial charge in [-0.05, 0) is 38.8 Å². The smallest absolute Gasteiger partial charge is 0.129 e. The summed E-state index contributed by atoms with van der Waals surface area (Å²) in [6, 6.07) is 2.25. The van der Waals surface area contributed by atoms with Crippen molar-refractivity contribution in [2.75, 3.05) is 11.9 Å². The lowest BCUT2D eigenvalue weighted by Crippen LogP contribution is -2.29. The highest BCUT2D eigenvalue weighted by molar-refractivity contribution is 7.80. The van der Waals surface area contributed by atoms with Crippen LogP contribution in [0.1, 0.15) is 49.8 Å². The first kappa shape index (κ1) is 16.5. The summed E-state index contributed by atoms with van der Waals surface area (Å²) in [5.74, 6) is 1.41. The monoisotopic (exact) mass is 326 g/mol. The number of aryl methyl sites for hydroxylation is 1. The number of thiocarbonyl (C=S) groups is 1. The summed E-state index contributed by atoms with van der Waals surface area (Å²) < 4.78 is 6.22. The molecule has 0 spiro atoms. The van der Waals surface area contributed by atoms with E-state index in [1.54, 1.807) is 0 Å². The fraction of sp³-hybridized carbons (Fsp3) is 0.562. The first-order valence-electron chi connectivity index (χ1n) is 7.28. The van der Waals surface area contributed by atoms with E-state index in [1.165, 1.54) is 16.7 Å². The van der Waals surface area contributed by atoms with Crippen molar-refractivity contribution in [2.45, 2.75) is 51.6 Å². The molecule has 2 aliphatic heterocycles. The molecule has 1 aromatic rings. The minimum absolute atomic E-state index is 0. The molecule has 2 atom stereocenters. The number of rotatable bonds is 2. The third kappa shape index (κ3) is 2.16. The van der Waals surface area contributed by atoms with Crippen LogP contribution in [0.4, 0.5) is 5.69 Å². The minimum atomic E-state index is -0.178. The zero-order chi connectivity index (χ0) is 14.7. The van der Waals surface area contributed by atoms with Gasteiger partial charge in [0.05, 0.1) is 4.99 Å². The van der Waals surface area contributed by atoms with E-state index >= 15 is 0 Å². The summed E-state index contributed by atoms with van der Waals surface area (Å²) in [6.45, 7) is 9.21.